The Balaban J connectivity index is 1.52. The number of nitrogens with zero attached hydrogens (tertiary/aromatic N) is 2. The highest BCUT2D eigenvalue weighted by molar-refractivity contribution is 5.92. The van der Waals surface area contributed by atoms with Crippen LogP contribution < -0.4 is 10.6 Å². The number of hydrogen-bond donors (Lipinski definition) is 2. The fraction of sp³-hybridized carbons (Fsp3) is 0.105. The van der Waals surface area contributed by atoms with E-state index in [4.69, 9.17) is 0 Å². The molecule has 0 fully saturated rings. The van der Waals surface area contributed by atoms with E-state index < -0.39 is 0 Å². The Morgan fingerprint density at radius 3 is 2.42 bits per heavy atom. The number of nitrogens with one attached hydrogen (secondary N) is 2. The number of anilines is 2. The summed E-state index contributed by atoms with van der Waals surface area (Å²) in [6, 6.07) is 15.2. The van der Waals surface area contributed by atoms with Crippen LogP contribution in [0.15, 0.2) is 60.7 Å². The molecule has 0 saturated heterocycles. The fourth-order valence-electron chi connectivity index (χ4n) is 2.30. The molecule has 2 aromatic carbocycles. The first-order chi connectivity index (χ1) is 12.6. The molecule has 0 aliphatic heterocycles. The maximum Gasteiger partial charge on any atom is 0.271 e. The average molecular weight is 354 g/mol. The van der Waals surface area contributed by atoms with Crippen molar-refractivity contribution >= 4 is 17.4 Å². The number of rotatable bonds is 6. The van der Waals surface area contributed by atoms with Gasteiger partial charge in [-0.2, -0.15) is 0 Å². The van der Waals surface area contributed by atoms with Crippen molar-refractivity contribution in [3.63, 3.8) is 0 Å². The van der Waals surface area contributed by atoms with E-state index in [0.717, 1.165) is 5.56 Å². The van der Waals surface area contributed by atoms with E-state index in [-0.39, 0.29) is 23.2 Å². The topological polar surface area (TPSA) is 66.9 Å². The zero-order valence-corrected chi connectivity index (χ0v) is 13.7. The second-order valence-electron chi connectivity index (χ2n) is 5.57. The van der Waals surface area contributed by atoms with Gasteiger partial charge in [0, 0.05) is 12.2 Å². The Labute approximate surface area is 149 Å². The van der Waals surface area contributed by atoms with E-state index in [1.807, 2.05) is 0 Å². The van der Waals surface area contributed by atoms with Gasteiger partial charge in [0.1, 0.15) is 11.6 Å². The third-order valence-corrected chi connectivity index (χ3v) is 3.61. The van der Waals surface area contributed by atoms with Gasteiger partial charge in [-0.05, 0) is 54.4 Å². The average Bonchev–Trinajstić information content (AvgIpc) is 2.64. The molecule has 5 nitrogen and oxygen atoms in total. The van der Waals surface area contributed by atoms with E-state index in [0.29, 0.717) is 24.5 Å². The summed E-state index contributed by atoms with van der Waals surface area (Å²) in [5, 5.41) is 13.4. The monoisotopic (exact) mass is 354 g/mol. The number of aromatic nitrogens is 2. The maximum atomic E-state index is 13.2. The number of benzene rings is 2. The Hall–Kier alpha value is -3.35. The normalized spacial score (nSPS) is 10.4. The summed E-state index contributed by atoms with van der Waals surface area (Å²) in [4.78, 5) is 12.1. The van der Waals surface area contributed by atoms with Crippen LogP contribution >= 0.6 is 0 Å². The summed E-state index contributed by atoms with van der Waals surface area (Å²) in [5.74, 6) is -0.601. The van der Waals surface area contributed by atoms with Gasteiger partial charge in [-0.1, -0.05) is 18.2 Å². The Morgan fingerprint density at radius 2 is 1.73 bits per heavy atom. The third kappa shape index (κ3) is 4.83. The number of hydrogen-bond acceptors (Lipinski definition) is 4. The second kappa shape index (κ2) is 8.15. The summed E-state index contributed by atoms with van der Waals surface area (Å²) in [6.45, 7) is 0.398. The molecule has 1 heterocycles. The first kappa shape index (κ1) is 17.5. The van der Waals surface area contributed by atoms with Gasteiger partial charge >= 0.3 is 0 Å². The van der Waals surface area contributed by atoms with Gasteiger partial charge in [0.2, 0.25) is 0 Å². The minimum absolute atomic E-state index is 0.175. The third-order valence-electron chi connectivity index (χ3n) is 3.61. The quantitative estimate of drug-likeness (QED) is 0.711. The van der Waals surface area contributed by atoms with Crippen molar-refractivity contribution in [3.05, 3.63) is 83.6 Å². The number of carbonyl (C=O) groups excluding carboxylic acids is 1. The predicted molar refractivity (Wildman–Crippen MR) is 94.2 cm³/mol. The SMILES string of the molecule is O=C(NCCc1ccc(F)cc1)c1ccc(Nc2cccc(F)c2)nn1. The van der Waals surface area contributed by atoms with Crippen LogP contribution in [0.5, 0.6) is 0 Å². The Bertz CT molecular complexity index is 883. The zero-order chi connectivity index (χ0) is 18.4. The fourth-order valence-corrected chi connectivity index (χ4v) is 2.30. The largest absolute Gasteiger partial charge is 0.350 e. The van der Waals surface area contributed by atoms with Crippen LogP contribution in [0.3, 0.4) is 0 Å². The molecule has 0 bridgehead atoms. The molecule has 132 valence electrons. The van der Waals surface area contributed by atoms with Crippen molar-refractivity contribution in [2.45, 2.75) is 6.42 Å². The van der Waals surface area contributed by atoms with Crippen molar-refractivity contribution < 1.29 is 13.6 Å². The van der Waals surface area contributed by atoms with Crippen LogP contribution in [0.2, 0.25) is 0 Å². The molecule has 0 aliphatic carbocycles. The lowest BCUT2D eigenvalue weighted by Gasteiger charge is -2.07. The van der Waals surface area contributed by atoms with Gasteiger partial charge < -0.3 is 10.6 Å². The van der Waals surface area contributed by atoms with Crippen molar-refractivity contribution in [2.75, 3.05) is 11.9 Å². The van der Waals surface area contributed by atoms with Gasteiger partial charge in [-0.15, -0.1) is 10.2 Å². The molecule has 0 saturated carbocycles. The molecule has 1 amide bonds. The Kier molecular flexibility index (Phi) is 5.48. The van der Waals surface area contributed by atoms with Crippen molar-refractivity contribution in [1.29, 1.82) is 0 Å². The summed E-state index contributed by atoms with van der Waals surface area (Å²) in [6.07, 6.45) is 0.582. The molecule has 3 rings (SSSR count). The molecule has 0 aliphatic rings. The second-order valence-corrected chi connectivity index (χ2v) is 5.57. The van der Waals surface area contributed by atoms with Gasteiger partial charge in [-0.25, -0.2) is 8.78 Å². The molecule has 26 heavy (non-hydrogen) atoms. The highest BCUT2D eigenvalue weighted by Crippen LogP contribution is 2.14. The van der Waals surface area contributed by atoms with E-state index in [9.17, 15) is 13.6 Å². The summed E-state index contributed by atoms with van der Waals surface area (Å²) >= 11 is 0. The van der Waals surface area contributed by atoms with E-state index in [1.165, 1.54) is 30.3 Å². The summed E-state index contributed by atoms with van der Waals surface area (Å²) in [7, 11) is 0. The van der Waals surface area contributed by atoms with Crippen molar-refractivity contribution in [3.8, 4) is 0 Å². The molecule has 0 unspecified atom stereocenters. The molecular formula is C19H16F2N4O. The summed E-state index contributed by atoms with van der Waals surface area (Å²) < 4.78 is 26.0. The molecule has 0 radical (unpaired) electrons. The lowest BCUT2D eigenvalue weighted by atomic mass is 10.1. The highest BCUT2D eigenvalue weighted by atomic mass is 19.1. The van der Waals surface area contributed by atoms with Crippen LogP contribution in [-0.2, 0) is 6.42 Å². The molecule has 7 heteroatoms. The Morgan fingerprint density at radius 1 is 0.923 bits per heavy atom. The van der Waals surface area contributed by atoms with Gasteiger partial charge in [0.25, 0.3) is 5.91 Å². The minimum Gasteiger partial charge on any atom is -0.350 e. The first-order valence-electron chi connectivity index (χ1n) is 7.99. The molecule has 0 atom stereocenters. The van der Waals surface area contributed by atoms with E-state index >= 15 is 0 Å². The number of carbonyl (C=O) groups is 1. The molecular weight excluding hydrogens is 338 g/mol. The molecule has 1 aromatic heterocycles. The smallest absolute Gasteiger partial charge is 0.271 e. The highest BCUT2D eigenvalue weighted by Gasteiger charge is 2.08. The lowest BCUT2D eigenvalue weighted by molar-refractivity contribution is 0.0948. The van der Waals surface area contributed by atoms with Crippen LogP contribution in [0, 0.1) is 11.6 Å². The van der Waals surface area contributed by atoms with Gasteiger partial charge in [0.15, 0.2) is 11.5 Å². The van der Waals surface area contributed by atoms with Crippen LogP contribution in [0.1, 0.15) is 16.1 Å². The van der Waals surface area contributed by atoms with E-state index in [2.05, 4.69) is 20.8 Å². The van der Waals surface area contributed by atoms with Crippen molar-refractivity contribution in [2.24, 2.45) is 0 Å². The standard InChI is InChI=1S/C19H16F2N4O/c20-14-6-4-13(5-7-14)10-11-22-19(26)17-8-9-18(25-24-17)23-16-3-1-2-15(21)12-16/h1-9,12H,10-11H2,(H,22,26)(H,23,25). The van der Waals surface area contributed by atoms with Crippen LogP contribution in [0.25, 0.3) is 0 Å². The summed E-state index contributed by atoms with van der Waals surface area (Å²) in [5.41, 5.74) is 1.64. The molecule has 0 spiro atoms. The minimum atomic E-state index is -0.361. The molecule has 3 aromatic rings. The molecule has 2 N–H and O–H groups in total. The van der Waals surface area contributed by atoms with Crippen molar-refractivity contribution in [1.82, 2.24) is 15.5 Å². The van der Waals surface area contributed by atoms with Gasteiger partial charge in [0.05, 0.1) is 0 Å². The lowest BCUT2D eigenvalue weighted by Crippen LogP contribution is -2.26. The van der Waals surface area contributed by atoms with Crippen LogP contribution in [-0.4, -0.2) is 22.6 Å². The maximum absolute atomic E-state index is 13.2. The first-order valence-corrected chi connectivity index (χ1v) is 7.99. The van der Waals surface area contributed by atoms with Gasteiger partial charge in [-0.3, -0.25) is 4.79 Å². The van der Waals surface area contributed by atoms with E-state index in [1.54, 1.807) is 30.3 Å². The number of halogens is 2. The number of amides is 1. The predicted octanol–water partition coefficient (Wildman–Crippen LogP) is 3.47. The zero-order valence-electron chi connectivity index (χ0n) is 13.7. The van der Waals surface area contributed by atoms with Crippen LogP contribution in [0.4, 0.5) is 20.3 Å².